The van der Waals surface area contributed by atoms with Gasteiger partial charge in [0.2, 0.25) is 6.79 Å². The summed E-state index contributed by atoms with van der Waals surface area (Å²) in [5.41, 5.74) is 2.84. The second-order valence-corrected chi connectivity index (χ2v) is 13.2. The summed E-state index contributed by atoms with van der Waals surface area (Å²) >= 11 is 0. The minimum absolute atomic E-state index is 0.0782. The molecule has 0 saturated heterocycles. The number of anilines is 2. The number of aryl methyl sites for hydroxylation is 2. The maximum absolute atomic E-state index is 14.4. The van der Waals surface area contributed by atoms with Crippen molar-refractivity contribution in [3.8, 4) is 17.2 Å². The Morgan fingerprint density at radius 1 is 1.08 bits per heavy atom. The average Bonchev–Trinajstić information content (AvgIpc) is 3.67. The average molecular weight is 680 g/mol. The third kappa shape index (κ3) is 9.22. The molecule has 2 aromatic carbocycles. The zero-order chi connectivity index (χ0) is 35.1. The van der Waals surface area contributed by atoms with E-state index in [-0.39, 0.29) is 37.4 Å². The van der Waals surface area contributed by atoms with E-state index in [0.29, 0.717) is 60.4 Å². The standard InChI is InChI=1S/C36H49N5O8/c1-22-17-41(23(2)20-42)35(43)29-16-28(37-36(44)38-34-25(4)39-49-26(34)5)11-13-30(29)48-24(3)9-7-8-14-45-33(22)19-40(6)18-27-10-12-31-32(15-27)47-21-46-31/h10-13,15-16,22-24,33,42H,7-9,14,17-21H2,1-6H3,(H2,37,38,44)/t22-,23+,24-,33-/m0/s1. The van der Waals surface area contributed by atoms with Gasteiger partial charge in [0.15, 0.2) is 17.3 Å². The number of ether oxygens (including phenoxy) is 4. The molecule has 0 saturated carbocycles. The number of aliphatic hydroxyl groups is 1. The lowest BCUT2D eigenvalue weighted by atomic mass is 10.0. The van der Waals surface area contributed by atoms with E-state index in [1.165, 1.54) is 0 Å². The summed E-state index contributed by atoms with van der Waals surface area (Å²) in [6.07, 6.45) is 2.19. The highest BCUT2D eigenvalue weighted by atomic mass is 16.7. The van der Waals surface area contributed by atoms with Gasteiger partial charge in [-0.1, -0.05) is 18.1 Å². The number of aliphatic hydroxyl groups excluding tert-OH is 1. The number of fused-ring (bicyclic) bond motifs is 2. The Morgan fingerprint density at radius 2 is 1.86 bits per heavy atom. The Kier molecular flexibility index (Phi) is 12.0. The Morgan fingerprint density at radius 3 is 2.61 bits per heavy atom. The highest BCUT2D eigenvalue weighted by molar-refractivity contribution is 6.03. The zero-order valence-electron chi connectivity index (χ0n) is 29.3. The van der Waals surface area contributed by atoms with Crippen LogP contribution in [-0.2, 0) is 11.3 Å². The molecule has 0 fully saturated rings. The van der Waals surface area contributed by atoms with Crippen LogP contribution in [0.5, 0.6) is 17.2 Å². The molecule has 13 nitrogen and oxygen atoms in total. The van der Waals surface area contributed by atoms with E-state index in [1.54, 1.807) is 36.9 Å². The van der Waals surface area contributed by atoms with Crippen molar-refractivity contribution >= 4 is 23.3 Å². The van der Waals surface area contributed by atoms with Crippen molar-refractivity contribution in [2.75, 3.05) is 50.8 Å². The number of likely N-dealkylation sites (N-methyl/N-ethyl adjacent to an activating group) is 1. The lowest BCUT2D eigenvalue weighted by molar-refractivity contribution is -0.0177. The highest BCUT2D eigenvalue weighted by Crippen LogP contribution is 2.33. The van der Waals surface area contributed by atoms with Gasteiger partial charge in [0.25, 0.3) is 5.91 Å². The SMILES string of the molecule is Cc1noc(C)c1NC(=O)Nc1ccc2c(c1)C(=O)N([C@H](C)CO)C[C@H](C)[C@H](CN(C)Cc1ccc3c(c1)OCO3)OCCCC[C@H](C)O2. The first-order valence-corrected chi connectivity index (χ1v) is 16.9. The molecule has 3 heterocycles. The van der Waals surface area contributed by atoms with Crippen LogP contribution in [0.4, 0.5) is 16.2 Å². The summed E-state index contributed by atoms with van der Waals surface area (Å²) in [5, 5.41) is 19.7. The number of hydrogen-bond acceptors (Lipinski definition) is 10. The fraction of sp³-hybridized carbons (Fsp3) is 0.528. The van der Waals surface area contributed by atoms with E-state index < -0.39 is 12.1 Å². The van der Waals surface area contributed by atoms with Gasteiger partial charge in [-0.25, -0.2) is 4.79 Å². The predicted octanol–water partition coefficient (Wildman–Crippen LogP) is 5.59. The summed E-state index contributed by atoms with van der Waals surface area (Å²) in [6, 6.07) is 10.0. The molecule has 0 unspecified atom stereocenters. The molecular formula is C36H49N5O8. The summed E-state index contributed by atoms with van der Waals surface area (Å²) < 4.78 is 29.0. The van der Waals surface area contributed by atoms with Gasteiger partial charge in [0, 0.05) is 37.8 Å². The van der Waals surface area contributed by atoms with Crippen LogP contribution in [0.1, 0.15) is 67.4 Å². The number of rotatable bonds is 8. The van der Waals surface area contributed by atoms with Crippen LogP contribution < -0.4 is 24.8 Å². The summed E-state index contributed by atoms with van der Waals surface area (Å²) in [6.45, 7) is 11.6. The van der Waals surface area contributed by atoms with Crippen LogP contribution in [-0.4, -0.2) is 90.4 Å². The molecule has 4 atom stereocenters. The molecule has 1 aromatic heterocycles. The van der Waals surface area contributed by atoms with Crippen molar-refractivity contribution in [1.82, 2.24) is 15.0 Å². The Balaban J connectivity index is 1.37. The Bertz CT molecular complexity index is 1580. The molecule has 49 heavy (non-hydrogen) atoms. The number of nitrogens with one attached hydrogen (secondary N) is 2. The molecule has 2 aliphatic heterocycles. The number of nitrogens with zero attached hydrogens (tertiary/aromatic N) is 3. The van der Waals surface area contributed by atoms with Crippen LogP contribution >= 0.6 is 0 Å². The summed E-state index contributed by atoms with van der Waals surface area (Å²) in [5.74, 6) is 2.02. The number of carbonyl (C=O) groups is 2. The number of amides is 3. The van der Waals surface area contributed by atoms with Gasteiger partial charge in [-0.3, -0.25) is 9.69 Å². The number of urea groups is 1. The van der Waals surface area contributed by atoms with Gasteiger partial charge in [-0.2, -0.15) is 0 Å². The molecule has 13 heteroatoms. The molecule has 3 amide bonds. The van der Waals surface area contributed by atoms with Crippen LogP contribution in [0.2, 0.25) is 0 Å². The normalized spacial score (nSPS) is 20.7. The van der Waals surface area contributed by atoms with Gasteiger partial charge in [-0.05, 0) is 89.9 Å². The van der Waals surface area contributed by atoms with E-state index in [2.05, 4.69) is 34.7 Å². The van der Waals surface area contributed by atoms with Crippen LogP contribution in [0, 0.1) is 19.8 Å². The smallest absolute Gasteiger partial charge is 0.323 e. The summed E-state index contributed by atoms with van der Waals surface area (Å²) in [7, 11) is 2.05. The number of benzene rings is 2. The van der Waals surface area contributed by atoms with E-state index in [4.69, 9.17) is 23.5 Å². The number of hydrogen-bond donors (Lipinski definition) is 3. The van der Waals surface area contributed by atoms with Gasteiger partial charge in [-0.15, -0.1) is 0 Å². The van der Waals surface area contributed by atoms with E-state index >= 15 is 0 Å². The van der Waals surface area contributed by atoms with E-state index in [9.17, 15) is 14.7 Å². The third-order valence-corrected chi connectivity index (χ3v) is 8.96. The molecule has 3 N–H and O–H groups in total. The highest BCUT2D eigenvalue weighted by Gasteiger charge is 2.30. The first-order valence-electron chi connectivity index (χ1n) is 16.9. The van der Waals surface area contributed by atoms with E-state index in [1.807, 2.05) is 32.0 Å². The largest absolute Gasteiger partial charge is 0.490 e. The lowest BCUT2D eigenvalue weighted by Gasteiger charge is -2.36. The van der Waals surface area contributed by atoms with Crippen molar-refractivity contribution < 1.29 is 38.2 Å². The molecular weight excluding hydrogens is 630 g/mol. The van der Waals surface area contributed by atoms with Crippen molar-refractivity contribution in [2.45, 2.75) is 78.7 Å². The quantitative estimate of drug-likeness (QED) is 0.275. The minimum Gasteiger partial charge on any atom is -0.490 e. The fourth-order valence-electron chi connectivity index (χ4n) is 6.12. The van der Waals surface area contributed by atoms with E-state index in [0.717, 1.165) is 36.3 Å². The molecule has 0 bridgehead atoms. The number of aromatic nitrogens is 1. The molecule has 266 valence electrons. The van der Waals surface area contributed by atoms with Crippen LogP contribution in [0.15, 0.2) is 40.9 Å². The van der Waals surface area contributed by atoms with Crippen molar-refractivity contribution in [1.29, 1.82) is 0 Å². The van der Waals surface area contributed by atoms with Gasteiger partial charge >= 0.3 is 6.03 Å². The van der Waals surface area contributed by atoms with Crippen LogP contribution in [0.25, 0.3) is 0 Å². The van der Waals surface area contributed by atoms with Crippen molar-refractivity contribution in [3.63, 3.8) is 0 Å². The van der Waals surface area contributed by atoms with Crippen LogP contribution in [0.3, 0.4) is 0 Å². The minimum atomic E-state index is -0.504. The first-order chi connectivity index (χ1) is 23.5. The van der Waals surface area contributed by atoms with Crippen molar-refractivity contribution in [3.05, 3.63) is 59.0 Å². The Hall–Kier alpha value is -4.33. The fourth-order valence-corrected chi connectivity index (χ4v) is 6.12. The van der Waals surface area contributed by atoms with Gasteiger partial charge in [0.05, 0.1) is 30.4 Å². The molecule has 0 radical (unpaired) electrons. The zero-order valence-corrected chi connectivity index (χ0v) is 29.3. The first kappa shape index (κ1) is 36.0. The van der Waals surface area contributed by atoms with Crippen molar-refractivity contribution in [2.24, 2.45) is 5.92 Å². The molecule has 0 spiro atoms. The number of carbonyl (C=O) groups excluding carboxylic acids is 2. The molecule has 3 aromatic rings. The summed E-state index contributed by atoms with van der Waals surface area (Å²) in [4.78, 5) is 31.2. The maximum atomic E-state index is 14.4. The third-order valence-electron chi connectivity index (χ3n) is 8.96. The molecule has 5 rings (SSSR count). The monoisotopic (exact) mass is 679 g/mol. The van der Waals surface area contributed by atoms with Gasteiger partial charge in [0.1, 0.15) is 17.1 Å². The second kappa shape index (κ2) is 16.4. The molecule has 0 aliphatic carbocycles. The van der Waals surface area contributed by atoms with Gasteiger partial charge < -0.3 is 44.1 Å². The predicted molar refractivity (Wildman–Crippen MR) is 184 cm³/mol. The Labute approximate surface area is 287 Å². The topological polar surface area (TPSA) is 148 Å². The second-order valence-electron chi connectivity index (χ2n) is 13.2. The molecule has 2 aliphatic rings. The lowest BCUT2D eigenvalue weighted by Crippen LogP contribution is -2.47. The maximum Gasteiger partial charge on any atom is 0.323 e.